The number of aliphatic hydroxyl groups excluding tert-OH is 1. The van der Waals surface area contributed by atoms with Crippen LogP contribution in [-0.2, 0) is 13.0 Å². The molecule has 108 valence electrons. The molecule has 0 saturated carbocycles. The number of benzene rings is 1. The van der Waals surface area contributed by atoms with Gasteiger partial charge in [0, 0.05) is 13.0 Å². The molecule has 3 nitrogen and oxygen atoms in total. The SMILES string of the molecule is CCCn1cncc1C(O)Cc1c(C)cc(C)cc1C. The third-order valence-corrected chi connectivity index (χ3v) is 3.79. The molecule has 2 aromatic rings. The van der Waals surface area contributed by atoms with E-state index in [1.165, 1.54) is 22.3 Å². The van der Waals surface area contributed by atoms with Crippen LogP contribution in [0.4, 0.5) is 0 Å². The van der Waals surface area contributed by atoms with Crippen molar-refractivity contribution in [1.82, 2.24) is 9.55 Å². The van der Waals surface area contributed by atoms with E-state index in [1.54, 1.807) is 12.5 Å². The van der Waals surface area contributed by atoms with Gasteiger partial charge in [0.05, 0.1) is 24.3 Å². The number of nitrogens with zero attached hydrogens (tertiary/aromatic N) is 2. The highest BCUT2D eigenvalue weighted by molar-refractivity contribution is 5.38. The number of hydrogen-bond donors (Lipinski definition) is 1. The zero-order chi connectivity index (χ0) is 14.7. The van der Waals surface area contributed by atoms with Gasteiger partial charge in [0.1, 0.15) is 0 Å². The van der Waals surface area contributed by atoms with Crippen LogP contribution in [0.3, 0.4) is 0 Å². The summed E-state index contributed by atoms with van der Waals surface area (Å²) in [7, 11) is 0. The molecule has 0 aliphatic heterocycles. The highest BCUT2D eigenvalue weighted by atomic mass is 16.3. The number of rotatable bonds is 5. The van der Waals surface area contributed by atoms with Crippen molar-refractivity contribution in [2.24, 2.45) is 0 Å². The van der Waals surface area contributed by atoms with E-state index in [2.05, 4.69) is 44.8 Å². The van der Waals surface area contributed by atoms with Crippen molar-refractivity contribution < 1.29 is 5.11 Å². The van der Waals surface area contributed by atoms with Crippen LogP contribution < -0.4 is 0 Å². The normalized spacial score (nSPS) is 12.7. The fraction of sp³-hybridized carbons (Fsp3) is 0.471. The second-order valence-electron chi connectivity index (χ2n) is 5.61. The van der Waals surface area contributed by atoms with Crippen LogP contribution in [0.15, 0.2) is 24.7 Å². The van der Waals surface area contributed by atoms with Crippen LogP contribution in [0.25, 0.3) is 0 Å². The van der Waals surface area contributed by atoms with Gasteiger partial charge < -0.3 is 9.67 Å². The molecule has 0 fully saturated rings. The summed E-state index contributed by atoms with van der Waals surface area (Å²) in [5.74, 6) is 0. The third kappa shape index (κ3) is 3.10. The van der Waals surface area contributed by atoms with E-state index >= 15 is 0 Å². The quantitative estimate of drug-likeness (QED) is 0.904. The lowest BCUT2D eigenvalue weighted by Crippen LogP contribution is -2.11. The molecule has 1 atom stereocenters. The highest BCUT2D eigenvalue weighted by Crippen LogP contribution is 2.24. The van der Waals surface area contributed by atoms with Crippen LogP contribution >= 0.6 is 0 Å². The molecule has 0 spiro atoms. The Hall–Kier alpha value is -1.61. The number of aryl methyl sites for hydroxylation is 4. The maximum Gasteiger partial charge on any atom is 0.0996 e. The summed E-state index contributed by atoms with van der Waals surface area (Å²) in [5, 5.41) is 10.5. The predicted molar refractivity (Wildman–Crippen MR) is 81.8 cm³/mol. The first-order valence-corrected chi connectivity index (χ1v) is 7.27. The van der Waals surface area contributed by atoms with E-state index in [9.17, 15) is 5.11 Å². The number of imidazole rings is 1. The summed E-state index contributed by atoms with van der Waals surface area (Å²) in [5.41, 5.74) is 5.93. The molecule has 2 rings (SSSR count). The van der Waals surface area contributed by atoms with Crippen molar-refractivity contribution >= 4 is 0 Å². The number of aromatic nitrogens is 2. The zero-order valence-electron chi connectivity index (χ0n) is 12.8. The first kappa shape index (κ1) is 14.8. The second-order valence-corrected chi connectivity index (χ2v) is 5.61. The van der Waals surface area contributed by atoms with Crippen LogP contribution in [0.2, 0.25) is 0 Å². The average molecular weight is 272 g/mol. The van der Waals surface area contributed by atoms with Crippen molar-refractivity contribution in [1.29, 1.82) is 0 Å². The Bertz CT molecular complexity index is 563. The minimum absolute atomic E-state index is 0.496. The molecular formula is C17H24N2O. The lowest BCUT2D eigenvalue weighted by Gasteiger charge is -2.17. The summed E-state index contributed by atoms with van der Waals surface area (Å²) >= 11 is 0. The summed E-state index contributed by atoms with van der Waals surface area (Å²) in [6.45, 7) is 9.37. The lowest BCUT2D eigenvalue weighted by molar-refractivity contribution is 0.168. The van der Waals surface area contributed by atoms with Gasteiger partial charge in [0.2, 0.25) is 0 Å². The molecule has 0 aliphatic carbocycles. The van der Waals surface area contributed by atoms with E-state index < -0.39 is 6.10 Å². The minimum atomic E-state index is -0.496. The Labute approximate surface area is 121 Å². The largest absolute Gasteiger partial charge is 0.386 e. The fourth-order valence-electron chi connectivity index (χ4n) is 2.87. The molecule has 1 N–H and O–H groups in total. The predicted octanol–water partition coefficient (Wildman–Crippen LogP) is 3.49. The van der Waals surface area contributed by atoms with Crippen LogP contribution in [0, 0.1) is 20.8 Å². The van der Waals surface area contributed by atoms with Gasteiger partial charge in [0.15, 0.2) is 0 Å². The molecule has 0 aliphatic rings. The molecule has 0 saturated heterocycles. The van der Waals surface area contributed by atoms with Crippen molar-refractivity contribution in [2.75, 3.05) is 0 Å². The fourth-order valence-corrected chi connectivity index (χ4v) is 2.87. The van der Waals surface area contributed by atoms with Crippen molar-refractivity contribution in [3.63, 3.8) is 0 Å². The molecule has 3 heteroatoms. The molecule has 0 bridgehead atoms. The average Bonchev–Trinajstić information content (AvgIpc) is 2.82. The van der Waals surface area contributed by atoms with Gasteiger partial charge in [-0.15, -0.1) is 0 Å². The monoisotopic (exact) mass is 272 g/mol. The molecule has 1 aromatic carbocycles. The van der Waals surface area contributed by atoms with Crippen molar-refractivity contribution in [3.05, 3.63) is 52.6 Å². The topological polar surface area (TPSA) is 38.0 Å². The minimum Gasteiger partial charge on any atom is -0.386 e. The number of hydrogen-bond acceptors (Lipinski definition) is 2. The van der Waals surface area contributed by atoms with Gasteiger partial charge in [-0.3, -0.25) is 0 Å². The molecule has 0 radical (unpaired) electrons. The standard InChI is InChI=1S/C17H24N2O/c1-5-6-19-11-18-10-16(19)17(20)9-15-13(3)7-12(2)8-14(15)4/h7-8,10-11,17,20H,5-6,9H2,1-4H3. The Balaban J connectivity index is 2.23. The van der Waals surface area contributed by atoms with E-state index in [0.717, 1.165) is 18.7 Å². The van der Waals surface area contributed by atoms with E-state index in [1.807, 2.05) is 4.57 Å². The van der Waals surface area contributed by atoms with Crippen molar-refractivity contribution in [3.8, 4) is 0 Å². The Morgan fingerprint density at radius 3 is 2.45 bits per heavy atom. The molecule has 1 heterocycles. The van der Waals surface area contributed by atoms with Gasteiger partial charge in [-0.25, -0.2) is 4.98 Å². The van der Waals surface area contributed by atoms with E-state index in [0.29, 0.717) is 6.42 Å². The van der Waals surface area contributed by atoms with Gasteiger partial charge in [0.25, 0.3) is 0 Å². The summed E-state index contributed by atoms with van der Waals surface area (Å²) in [6, 6.07) is 4.36. The Morgan fingerprint density at radius 2 is 1.85 bits per heavy atom. The van der Waals surface area contributed by atoms with Gasteiger partial charge in [-0.2, -0.15) is 0 Å². The first-order chi connectivity index (χ1) is 9.52. The first-order valence-electron chi connectivity index (χ1n) is 7.27. The summed E-state index contributed by atoms with van der Waals surface area (Å²) in [6.07, 6.45) is 4.77. The molecule has 1 aromatic heterocycles. The van der Waals surface area contributed by atoms with Crippen LogP contribution in [0.1, 0.15) is 47.4 Å². The van der Waals surface area contributed by atoms with E-state index in [4.69, 9.17) is 0 Å². The van der Waals surface area contributed by atoms with Gasteiger partial charge >= 0.3 is 0 Å². The molecular weight excluding hydrogens is 248 g/mol. The maximum atomic E-state index is 10.5. The van der Waals surface area contributed by atoms with E-state index in [-0.39, 0.29) is 0 Å². The van der Waals surface area contributed by atoms with Crippen LogP contribution in [0.5, 0.6) is 0 Å². The molecule has 20 heavy (non-hydrogen) atoms. The maximum absolute atomic E-state index is 10.5. The van der Waals surface area contributed by atoms with Gasteiger partial charge in [-0.1, -0.05) is 24.6 Å². The number of aliphatic hydroxyl groups is 1. The summed E-state index contributed by atoms with van der Waals surface area (Å²) < 4.78 is 2.05. The van der Waals surface area contributed by atoms with Crippen LogP contribution in [-0.4, -0.2) is 14.7 Å². The zero-order valence-corrected chi connectivity index (χ0v) is 12.8. The van der Waals surface area contributed by atoms with Crippen molar-refractivity contribution in [2.45, 2.75) is 53.2 Å². The van der Waals surface area contributed by atoms with Gasteiger partial charge in [-0.05, 0) is 43.9 Å². The molecule has 1 unspecified atom stereocenters. The molecule has 0 amide bonds. The Kier molecular flexibility index (Phi) is 4.61. The third-order valence-electron chi connectivity index (χ3n) is 3.79. The highest BCUT2D eigenvalue weighted by Gasteiger charge is 2.16. The summed E-state index contributed by atoms with van der Waals surface area (Å²) in [4.78, 5) is 4.17. The smallest absolute Gasteiger partial charge is 0.0996 e. The second kappa shape index (κ2) is 6.23. The Morgan fingerprint density at radius 1 is 1.20 bits per heavy atom. The lowest BCUT2D eigenvalue weighted by atomic mass is 9.94.